The van der Waals surface area contributed by atoms with Gasteiger partial charge >= 0.3 is 0 Å². The molecule has 0 aliphatic carbocycles. The van der Waals surface area contributed by atoms with Crippen LogP contribution in [0.25, 0.3) is 0 Å². The van der Waals surface area contributed by atoms with Crippen molar-refractivity contribution in [3.05, 3.63) is 23.8 Å². The van der Waals surface area contributed by atoms with E-state index in [1.807, 2.05) is 20.8 Å². The van der Waals surface area contributed by atoms with Crippen molar-refractivity contribution >= 4 is 33.0 Å². The zero-order valence-electron chi connectivity index (χ0n) is 17.0. The predicted molar refractivity (Wildman–Crippen MR) is 117 cm³/mol. The molecule has 0 unspecified atom stereocenters. The van der Waals surface area contributed by atoms with Gasteiger partial charge in [0, 0.05) is 38.4 Å². The van der Waals surface area contributed by atoms with Crippen molar-refractivity contribution in [2.75, 3.05) is 57.8 Å². The molecule has 0 amide bonds. The van der Waals surface area contributed by atoms with E-state index in [9.17, 15) is 8.42 Å². The summed E-state index contributed by atoms with van der Waals surface area (Å²) in [6, 6.07) is 5.11. The van der Waals surface area contributed by atoms with Crippen molar-refractivity contribution in [2.45, 2.75) is 32.1 Å². The lowest BCUT2D eigenvalue weighted by Crippen LogP contribution is -2.38. The lowest BCUT2D eigenvalue weighted by molar-refractivity contribution is 0.0376. The molecule has 1 aromatic rings. The van der Waals surface area contributed by atoms with Crippen LogP contribution in [0.1, 0.15) is 25.8 Å². The topological polar surface area (TPSA) is 73.9 Å². The number of nitrogens with one attached hydrogen (secondary N) is 2. The molecule has 1 heterocycles. The van der Waals surface area contributed by atoms with Gasteiger partial charge in [-0.15, -0.1) is 0 Å². The summed E-state index contributed by atoms with van der Waals surface area (Å²) in [5, 5.41) is 6.85. The van der Waals surface area contributed by atoms with Crippen molar-refractivity contribution in [1.82, 2.24) is 14.5 Å². The van der Waals surface area contributed by atoms with Gasteiger partial charge in [0.05, 0.1) is 18.1 Å². The van der Waals surface area contributed by atoms with Crippen LogP contribution in [-0.4, -0.2) is 75.2 Å². The predicted octanol–water partition coefficient (Wildman–Crippen LogP) is 2.03. The van der Waals surface area contributed by atoms with Gasteiger partial charge in [-0.2, -0.15) is 4.31 Å². The minimum Gasteiger partial charge on any atom is -0.379 e. The van der Waals surface area contributed by atoms with Crippen LogP contribution in [0, 0.1) is 6.92 Å². The zero-order chi connectivity index (χ0) is 20.6. The van der Waals surface area contributed by atoms with Crippen LogP contribution in [0.2, 0.25) is 0 Å². The number of anilines is 1. The van der Waals surface area contributed by atoms with Crippen LogP contribution in [0.5, 0.6) is 0 Å². The molecule has 1 aromatic carbocycles. The maximum absolute atomic E-state index is 12.7. The Morgan fingerprint density at radius 3 is 2.57 bits per heavy atom. The average molecular weight is 429 g/mol. The van der Waals surface area contributed by atoms with E-state index in [2.05, 4.69) is 15.5 Å². The van der Waals surface area contributed by atoms with Crippen LogP contribution in [0.15, 0.2) is 23.1 Å². The number of morpholine rings is 1. The second-order valence-electron chi connectivity index (χ2n) is 6.75. The van der Waals surface area contributed by atoms with Gasteiger partial charge in [-0.05, 0) is 49.8 Å². The molecule has 158 valence electrons. The number of hydrogen-bond donors (Lipinski definition) is 2. The van der Waals surface area contributed by atoms with E-state index in [1.165, 1.54) is 4.31 Å². The third kappa shape index (κ3) is 6.38. The van der Waals surface area contributed by atoms with E-state index in [4.69, 9.17) is 17.0 Å². The highest BCUT2D eigenvalue weighted by Gasteiger charge is 2.22. The lowest BCUT2D eigenvalue weighted by Gasteiger charge is -2.26. The standard InChI is InChI=1S/C19H32N4O3S2/c1-4-23(5-2)28(24,25)17-8-7-16(3)18(15-17)21-19(27)20-9-6-10-22-11-13-26-14-12-22/h7-8,15H,4-6,9-14H2,1-3H3,(H2,20,21,27). The van der Waals surface area contributed by atoms with E-state index in [-0.39, 0.29) is 4.90 Å². The molecular formula is C19H32N4O3S2. The lowest BCUT2D eigenvalue weighted by atomic mass is 10.2. The van der Waals surface area contributed by atoms with E-state index < -0.39 is 10.0 Å². The van der Waals surface area contributed by atoms with Crippen LogP contribution in [0.3, 0.4) is 0 Å². The molecule has 0 spiro atoms. The number of hydrogen-bond acceptors (Lipinski definition) is 5. The summed E-state index contributed by atoms with van der Waals surface area (Å²) >= 11 is 5.38. The van der Waals surface area contributed by atoms with Gasteiger partial charge in [-0.1, -0.05) is 19.9 Å². The molecule has 1 fully saturated rings. The Kier molecular flexibility index (Phi) is 9.10. The monoisotopic (exact) mass is 428 g/mol. The highest BCUT2D eigenvalue weighted by Crippen LogP contribution is 2.23. The van der Waals surface area contributed by atoms with Crippen molar-refractivity contribution in [1.29, 1.82) is 0 Å². The van der Waals surface area contributed by atoms with Gasteiger partial charge in [0.1, 0.15) is 0 Å². The number of thiocarbonyl (C=S) groups is 1. The van der Waals surface area contributed by atoms with Crippen LogP contribution in [0.4, 0.5) is 5.69 Å². The average Bonchev–Trinajstić information content (AvgIpc) is 2.68. The minimum absolute atomic E-state index is 0.277. The van der Waals surface area contributed by atoms with E-state index in [0.717, 1.165) is 51.4 Å². The Hall–Kier alpha value is -1.26. The molecule has 9 heteroatoms. The summed E-state index contributed by atoms with van der Waals surface area (Å²) in [4.78, 5) is 2.66. The molecule has 0 saturated carbocycles. The third-order valence-corrected chi connectivity index (χ3v) is 7.13. The molecule has 1 aliphatic rings. The number of benzene rings is 1. The SMILES string of the molecule is CCN(CC)S(=O)(=O)c1ccc(C)c(NC(=S)NCCCN2CCOCC2)c1. The summed E-state index contributed by atoms with van der Waals surface area (Å²) in [5.74, 6) is 0. The fourth-order valence-electron chi connectivity index (χ4n) is 3.10. The molecule has 2 N–H and O–H groups in total. The van der Waals surface area contributed by atoms with Crippen LogP contribution < -0.4 is 10.6 Å². The minimum atomic E-state index is -3.50. The second kappa shape index (κ2) is 11.1. The number of nitrogens with zero attached hydrogens (tertiary/aromatic N) is 2. The molecule has 0 bridgehead atoms. The van der Waals surface area contributed by atoms with E-state index in [1.54, 1.807) is 18.2 Å². The summed E-state index contributed by atoms with van der Waals surface area (Å²) in [5.41, 5.74) is 1.65. The normalized spacial score (nSPS) is 15.6. The van der Waals surface area contributed by atoms with Gasteiger partial charge in [0.2, 0.25) is 10.0 Å². The number of sulfonamides is 1. The van der Waals surface area contributed by atoms with Crippen LogP contribution in [-0.2, 0) is 14.8 Å². The highest BCUT2D eigenvalue weighted by atomic mass is 32.2. The molecule has 1 saturated heterocycles. The Morgan fingerprint density at radius 2 is 1.93 bits per heavy atom. The maximum atomic E-state index is 12.7. The van der Waals surface area contributed by atoms with Crippen LogP contribution >= 0.6 is 12.2 Å². The summed E-state index contributed by atoms with van der Waals surface area (Å²) in [6.07, 6.45) is 0.983. The maximum Gasteiger partial charge on any atom is 0.243 e. The number of rotatable bonds is 9. The molecule has 0 radical (unpaired) electrons. The Morgan fingerprint density at radius 1 is 1.25 bits per heavy atom. The Bertz CT molecular complexity index is 746. The van der Waals surface area contributed by atoms with Gasteiger partial charge in [-0.3, -0.25) is 4.90 Å². The molecule has 2 rings (SSSR count). The molecule has 0 aromatic heterocycles. The van der Waals surface area contributed by atoms with E-state index >= 15 is 0 Å². The molecule has 1 aliphatic heterocycles. The first kappa shape index (κ1) is 23.0. The van der Waals surface area contributed by atoms with Gasteiger partial charge in [0.15, 0.2) is 5.11 Å². The number of aryl methyl sites for hydroxylation is 1. The largest absolute Gasteiger partial charge is 0.379 e. The van der Waals surface area contributed by atoms with Crippen molar-refractivity contribution in [2.24, 2.45) is 0 Å². The summed E-state index contributed by atoms with van der Waals surface area (Å²) < 4.78 is 32.3. The van der Waals surface area contributed by atoms with E-state index in [0.29, 0.717) is 23.9 Å². The quantitative estimate of drug-likeness (QED) is 0.460. The first-order valence-corrected chi connectivity index (χ1v) is 11.7. The van der Waals surface area contributed by atoms with Gasteiger partial charge < -0.3 is 15.4 Å². The smallest absolute Gasteiger partial charge is 0.243 e. The van der Waals surface area contributed by atoms with Gasteiger partial charge in [-0.25, -0.2) is 8.42 Å². The summed E-state index contributed by atoms with van der Waals surface area (Å²) in [7, 11) is -3.50. The van der Waals surface area contributed by atoms with Crippen molar-refractivity contribution in [3.8, 4) is 0 Å². The number of ether oxygens (including phenoxy) is 1. The second-order valence-corrected chi connectivity index (χ2v) is 9.10. The fourth-order valence-corrected chi connectivity index (χ4v) is 4.80. The molecule has 0 atom stereocenters. The first-order chi connectivity index (χ1) is 13.4. The first-order valence-electron chi connectivity index (χ1n) is 9.84. The van der Waals surface area contributed by atoms with Crippen molar-refractivity contribution < 1.29 is 13.2 Å². The van der Waals surface area contributed by atoms with Crippen molar-refractivity contribution in [3.63, 3.8) is 0 Å². The molecule has 28 heavy (non-hydrogen) atoms. The summed E-state index contributed by atoms with van der Waals surface area (Å²) in [6.45, 7) is 11.8. The zero-order valence-corrected chi connectivity index (χ0v) is 18.7. The molecular weight excluding hydrogens is 396 g/mol. The Balaban J connectivity index is 1.91. The highest BCUT2D eigenvalue weighted by molar-refractivity contribution is 7.89. The third-order valence-electron chi connectivity index (χ3n) is 4.84. The fraction of sp³-hybridized carbons (Fsp3) is 0.632. The van der Waals surface area contributed by atoms with Gasteiger partial charge in [0.25, 0.3) is 0 Å². The Labute approximate surface area is 174 Å². The molecule has 7 nitrogen and oxygen atoms in total.